The average molecular weight is 369 g/mol. The second-order valence-corrected chi connectivity index (χ2v) is 6.51. The number of unbranched alkanes of at least 4 members (excludes halogenated alkanes) is 1. The summed E-state index contributed by atoms with van der Waals surface area (Å²) < 4.78 is 3.85. The predicted octanol–water partition coefficient (Wildman–Crippen LogP) is 4.08. The highest BCUT2D eigenvalue weighted by atomic mass is 35.5. The fraction of sp³-hybridized carbons (Fsp3) is 0.300. The van der Waals surface area contributed by atoms with Crippen LogP contribution in [0, 0.1) is 11.3 Å². The number of imidazole rings is 1. The third-order valence-electron chi connectivity index (χ3n) is 4.42. The van der Waals surface area contributed by atoms with Gasteiger partial charge in [-0.3, -0.25) is 0 Å². The molecule has 0 bridgehead atoms. The van der Waals surface area contributed by atoms with Crippen molar-refractivity contribution in [3.05, 3.63) is 70.5 Å². The van der Waals surface area contributed by atoms with Crippen molar-refractivity contribution < 1.29 is 5.11 Å². The van der Waals surface area contributed by atoms with Crippen LogP contribution in [0.25, 0.3) is 5.69 Å². The van der Waals surface area contributed by atoms with Crippen LogP contribution >= 0.6 is 11.6 Å². The number of rotatable bonds is 7. The summed E-state index contributed by atoms with van der Waals surface area (Å²) in [5.74, 6) is 0.905. The predicted molar refractivity (Wildman–Crippen MR) is 101 cm³/mol. The highest BCUT2D eigenvalue weighted by Gasteiger charge is 2.15. The molecule has 0 atom stereocenters. The van der Waals surface area contributed by atoms with E-state index < -0.39 is 0 Å². The highest BCUT2D eigenvalue weighted by molar-refractivity contribution is 6.30. The van der Waals surface area contributed by atoms with Gasteiger partial charge in [0.1, 0.15) is 17.6 Å². The number of aliphatic hydroxyl groups excluding tert-OH is 1. The number of benzene rings is 1. The van der Waals surface area contributed by atoms with E-state index in [4.69, 9.17) is 16.9 Å². The summed E-state index contributed by atoms with van der Waals surface area (Å²) in [5.41, 5.74) is 3.27. The number of aryl methyl sites for hydroxylation is 1. The maximum atomic E-state index is 9.66. The maximum Gasteiger partial charge on any atom is 0.152 e. The topological polar surface area (TPSA) is 66.8 Å². The first-order valence-corrected chi connectivity index (χ1v) is 9.07. The number of nitriles is 1. The van der Waals surface area contributed by atoms with Gasteiger partial charge in [-0.1, -0.05) is 37.1 Å². The summed E-state index contributed by atoms with van der Waals surface area (Å²) in [7, 11) is 0. The molecule has 1 aromatic carbocycles. The van der Waals surface area contributed by atoms with E-state index in [-0.39, 0.29) is 6.61 Å². The smallest absolute Gasteiger partial charge is 0.152 e. The molecular formula is C20H21ClN4O. The molecule has 0 aliphatic rings. The zero-order valence-electron chi connectivity index (χ0n) is 14.7. The molecule has 0 saturated heterocycles. The Morgan fingerprint density at radius 1 is 1.23 bits per heavy atom. The van der Waals surface area contributed by atoms with Gasteiger partial charge in [0.15, 0.2) is 5.15 Å². The van der Waals surface area contributed by atoms with E-state index >= 15 is 0 Å². The summed E-state index contributed by atoms with van der Waals surface area (Å²) in [6.07, 6.45) is 4.81. The Morgan fingerprint density at radius 2 is 2.00 bits per heavy atom. The van der Waals surface area contributed by atoms with Crippen LogP contribution < -0.4 is 0 Å². The lowest BCUT2D eigenvalue weighted by atomic mass is 10.2. The van der Waals surface area contributed by atoms with Crippen molar-refractivity contribution in [2.45, 2.75) is 39.3 Å². The Labute approximate surface area is 158 Å². The van der Waals surface area contributed by atoms with Gasteiger partial charge in [-0.2, -0.15) is 5.26 Å². The standard InChI is InChI=1S/C20H21ClN4O/c1-2-3-6-19-23-20(21)18(14-26)25(19)13-15-7-9-16(10-8-15)24-11-4-5-17(24)12-22/h4-5,7-11,26H,2-3,6,13-14H2,1H3. The Bertz CT molecular complexity index is 918. The van der Waals surface area contributed by atoms with E-state index in [2.05, 4.69) is 18.0 Å². The van der Waals surface area contributed by atoms with Crippen LogP contribution in [0.3, 0.4) is 0 Å². The average Bonchev–Trinajstić information content (AvgIpc) is 3.25. The SMILES string of the molecule is CCCCc1nc(Cl)c(CO)n1Cc1ccc(-n2cccc2C#N)cc1. The minimum absolute atomic E-state index is 0.134. The van der Waals surface area contributed by atoms with Crippen LogP contribution in [0.4, 0.5) is 0 Å². The molecule has 0 amide bonds. The van der Waals surface area contributed by atoms with Crippen LogP contribution in [0.5, 0.6) is 0 Å². The summed E-state index contributed by atoms with van der Waals surface area (Å²) in [4.78, 5) is 4.42. The Kier molecular flexibility index (Phi) is 5.77. The molecule has 0 spiro atoms. The molecule has 0 unspecified atom stereocenters. The van der Waals surface area contributed by atoms with Crippen molar-refractivity contribution in [1.82, 2.24) is 14.1 Å². The number of aliphatic hydroxyl groups is 1. The van der Waals surface area contributed by atoms with E-state index in [9.17, 15) is 5.11 Å². The normalized spacial score (nSPS) is 10.8. The minimum atomic E-state index is -0.134. The summed E-state index contributed by atoms with van der Waals surface area (Å²) in [6.45, 7) is 2.61. The van der Waals surface area contributed by atoms with Gasteiger partial charge >= 0.3 is 0 Å². The van der Waals surface area contributed by atoms with Crippen LogP contribution in [0.1, 0.15) is 42.5 Å². The zero-order chi connectivity index (χ0) is 18.5. The van der Waals surface area contributed by atoms with Gasteiger partial charge in [-0.15, -0.1) is 0 Å². The van der Waals surface area contributed by atoms with Gasteiger partial charge in [-0.05, 0) is 36.2 Å². The van der Waals surface area contributed by atoms with Crippen LogP contribution in [0.15, 0.2) is 42.6 Å². The zero-order valence-corrected chi connectivity index (χ0v) is 15.4. The molecule has 1 N–H and O–H groups in total. The third kappa shape index (κ3) is 3.67. The van der Waals surface area contributed by atoms with E-state index in [1.54, 1.807) is 6.07 Å². The third-order valence-corrected chi connectivity index (χ3v) is 4.73. The summed E-state index contributed by atoms with van der Waals surface area (Å²) in [5, 5.41) is 19.2. The van der Waals surface area contributed by atoms with Crippen LogP contribution in [-0.2, 0) is 19.6 Å². The first-order chi connectivity index (χ1) is 12.7. The number of hydrogen-bond donors (Lipinski definition) is 1. The monoisotopic (exact) mass is 368 g/mol. The summed E-state index contributed by atoms with van der Waals surface area (Å²) >= 11 is 6.20. The molecule has 0 saturated carbocycles. The maximum absolute atomic E-state index is 9.66. The molecule has 26 heavy (non-hydrogen) atoms. The molecule has 3 rings (SSSR count). The molecule has 5 nitrogen and oxygen atoms in total. The number of hydrogen-bond acceptors (Lipinski definition) is 3. The van der Waals surface area contributed by atoms with Gasteiger partial charge in [0, 0.05) is 24.8 Å². The molecule has 0 radical (unpaired) electrons. The highest BCUT2D eigenvalue weighted by Crippen LogP contribution is 2.21. The first-order valence-electron chi connectivity index (χ1n) is 8.69. The fourth-order valence-electron chi connectivity index (χ4n) is 3.01. The molecule has 0 fully saturated rings. The molecule has 3 aromatic rings. The lowest BCUT2D eigenvalue weighted by Gasteiger charge is -2.12. The number of halogens is 1. The van der Waals surface area contributed by atoms with Gasteiger partial charge in [0.05, 0.1) is 12.3 Å². The Balaban J connectivity index is 1.86. The Morgan fingerprint density at radius 3 is 2.65 bits per heavy atom. The van der Waals surface area contributed by atoms with Gasteiger partial charge in [0.25, 0.3) is 0 Å². The number of aromatic nitrogens is 3. The van der Waals surface area contributed by atoms with Crippen molar-refractivity contribution in [1.29, 1.82) is 5.26 Å². The number of nitrogens with zero attached hydrogens (tertiary/aromatic N) is 4. The van der Waals surface area contributed by atoms with Crippen molar-refractivity contribution in [3.8, 4) is 11.8 Å². The molecular weight excluding hydrogens is 348 g/mol. The molecule has 0 aliphatic carbocycles. The van der Waals surface area contributed by atoms with E-state index in [0.717, 1.165) is 36.3 Å². The van der Waals surface area contributed by atoms with Crippen molar-refractivity contribution in [3.63, 3.8) is 0 Å². The molecule has 6 heteroatoms. The van der Waals surface area contributed by atoms with Crippen LogP contribution in [0.2, 0.25) is 5.15 Å². The molecule has 2 heterocycles. The molecule has 0 aliphatic heterocycles. The lowest BCUT2D eigenvalue weighted by Crippen LogP contribution is -2.09. The van der Waals surface area contributed by atoms with Crippen molar-refractivity contribution in [2.75, 3.05) is 0 Å². The largest absolute Gasteiger partial charge is 0.390 e. The first kappa shape index (κ1) is 18.2. The lowest BCUT2D eigenvalue weighted by molar-refractivity contribution is 0.271. The fourth-order valence-corrected chi connectivity index (χ4v) is 3.27. The Hall–Kier alpha value is -2.55. The van der Waals surface area contributed by atoms with E-state index in [1.807, 2.05) is 45.7 Å². The molecule has 134 valence electrons. The van der Waals surface area contributed by atoms with Crippen molar-refractivity contribution >= 4 is 11.6 Å². The second-order valence-electron chi connectivity index (χ2n) is 6.16. The minimum Gasteiger partial charge on any atom is -0.390 e. The van der Waals surface area contributed by atoms with E-state index in [1.165, 1.54) is 0 Å². The second kappa shape index (κ2) is 8.22. The van der Waals surface area contributed by atoms with Gasteiger partial charge < -0.3 is 14.2 Å². The quantitative estimate of drug-likeness (QED) is 0.683. The van der Waals surface area contributed by atoms with Gasteiger partial charge in [-0.25, -0.2) is 4.98 Å². The van der Waals surface area contributed by atoms with Crippen molar-refractivity contribution in [2.24, 2.45) is 0 Å². The van der Waals surface area contributed by atoms with Crippen LogP contribution in [-0.4, -0.2) is 19.2 Å². The summed E-state index contributed by atoms with van der Waals surface area (Å²) in [6, 6.07) is 13.8. The van der Waals surface area contributed by atoms with E-state index in [0.29, 0.717) is 23.1 Å². The van der Waals surface area contributed by atoms with Gasteiger partial charge in [0.2, 0.25) is 0 Å². The molecule has 2 aromatic heterocycles.